The maximum absolute atomic E-state index is 12.5. The van der Waals surface area contributed by atoms with E-state index in [4.69, 9.17) is 9.84 Å². The van der Waals surface area contributed by atoms with Crippen molar-refractivity contribution in [1.29, 1.82) is 0 Å². The maximum atomic E-state index is 12.5. The number of carbonyl (C=O) groups is 1. The number of unbranched alkanes of at least 4 members (excludes halogenated alkanes) is 1. The van der Waals surface area contributed by atoms with Gasteiger partial charge in [0.15, 0.2) is 0 Å². The number of halogens is 3. The number of aromatic carboxylic acids is 1. The molecule has 0 unspecified atom stereocenters. The molecule has 0 amide bonds. The largest absolute Gasteiger partial charge is 0.478 e. The second kappa shape index (κ2) is 7.09. The van der Waals surface area contributed by atoms with Gasteiger partial charge in [0.25, 0.3) is 0 Å². The number of nitrogens with one attached hydrogen (secondary N) is 1. The van der Waals surface area contributed by atoms with Crippen molar-refractivity contribution in [3.05, 3.63) is 23.4 Å². The summed E-state index contributed by atoms with van der Waals surface area (Å²) in [5.74, 6) is -1.60. The number of carboxylic acids is 1. The van der Waals surface area contributed by atoms with E-state index in [0.29, 0.717) is 32.1 Å². The van der Waals surface area contributed by atoms with Crippen LogP contribution >= 0.6 is 0 Å². The van der Waals surface area contributed by atoms with E-state index in [2.05, 4.69) is 10.3 Å². The molecule has 112 valence electrons. The molecular formula is C12H15F3N2O3. The van der Waals surface area contributed by atoms with E-state index in [0.717, 1.165) is 6.07 Å². The molecule has 1 aromatic rings. The Balaban J connectivity index is 2.81. The smallest absolute Gasteiger partial charge is 0.433 e. The maximum Gasteiger partial charge on any atom is 0.433 e. The van der Waals surface area contributed by atoms with Gasteiger partial charge in [-0.1, -0.05) is 0 Å². The molecule has 0 aliphatic carbocycles. The minimum Gasteiger partial charge on any atom is -0.478 e. The van der Waals surface area contributed by atoms with Crippen molar-refractivity contribution < 1.29 is 27.8 Å². The number of alkyl halides is 3. The Labute approximate surface area is 113 Å². The van der Waals surface area contributed by atoms with Gasteiger partial charge in [-0.15, -0.1) is 0 Å². The highest BCUT2D eigenvalue weighted by atomic mass is 19.4. The molecule has 1 heterocycles. The van der Waals surface area contributed by atoms with Crippen LogP contribution < -0.4 is 5.32 Å². The molecule has 0 spiro atoms. The van der Waals surface area contributed by atoms with Crippen LogP contribution in [0.25, 0.3) is 0 Å². The van der Waals surface area contributed by atoms with Crippen molar-refractivity contribution >= 4 is 11.8 Å². The summed E-state index contributed by atoms with van der Waals surface area (Å²) in [7, 11) is 1.55. The van der Waals surface area contributed by atoms with Crippen LogP contribution in [0.1, 0.15) is 28.9 Å². The quantitative estimate of drug-likeness (QED) is 0.756. The molecule has 0 saturated heterocycles. The Kier molecular flexibility index (Phi) is 5.75. The van der Waals surface area contributed by atoms with Crippen LogP contribution in [-0.2, 0) is 10.9 Å². The van der Waals surface area contributed by atoms with E-state index in [-0.39, 0.29) is 11.4 Å². The summed E-state index contributed by atoms with van der Waals surface area (Å²) in [5, 5.41) is 11.5. The van der Waals surface area contributed by atoms with E-state index in [1.54, 1.807) is 7.11 Å². The Morgan fingerprint density at radius 1 is 1.40 bits per heavy atom. The SMILES string of the molecule is COCCCCNc1nc(C(F)(F)F)ccc1C(=O)O. The first kappa shape index (κ1) is 16.2. The number of anilines is 1. The van der Waals surface area contributed by atoms with Crippen molar-refractivity contribution in [2.24, 2.45) is 0 Å². The topological polar surface area (TPSA) is 71.5 Å². The highest BCUT2D eigenvalue weighted by molar-refractivity contribution is 5.93. The predicted molar refractivity (Wildman–Crippen MR) is 65.8 cm³/mol. The van der Waals surface area contributed by atoms with Crippen LogP contribution in [0.2, 0.25) is 0 Å². The average Bonchev–Trinajstić information content (AvgIpc) is 2.37. The molecule has 0 aromatic carbocycles. The number of carboxylic acid groups (broad SMARTS) is 1. The summed E-state index contributed by atoms with van der Waals surface area (Å²) in [4.78, 5) is 14.3. The monoisotopic (exact) mass is 292 g/mol. The third-order valence-electron chi connectivity index (χ3n) is 2.48. The first-order valence-electron chi connectivity index (χ1n) is 5.90. The highest BCUT2D eigenvalue weighted by Crippen LogP contribution is 2.29. The second-order valence-electron chi connectivity index (χ2n) is 4.02. The van der Waals surface area contributed by atoms with Crippen molar-refractivity contribution in [1.82, 2.24) is 4.98 Å². The molecule has 0 atom stereocenters. The lowest BCUT2D eigenvalue weighted by atomic mass is 10.2. The molecule has 2 N–H and O–H groups in total. The molecule has 0 bridgehead atoms. The number of aromatic nitrogens is 1. The molecule has 8 heteroatoms. The van der Waals surface area contributed by atoms with Crippen LogP contribution in [0.3, 0.4) is 0 Å². The number of nitrogens with zero attached hydrogens (tertiary/aromatic N) is 1. The van der Waals surface area contributed by atoms with E-state index < -0.39 is 17.8 Å². The van der Waals surface area contributed by atoms with Crippen molar-refractivity contribution in [3.63, 3.8) is 0 Å². The van der Waals surface area contributed by atoms with Crippen LogP contribution in [0.15, 0.2) is 12.1 Å². The van der Waals surface area contributed by atoms with Gasteiger partial charge >= 0.3 is 12.1 Å². The number of rotatable bonds is 7. The standard InChI is InChI=1S/C12H15F3N2O3/c1-20-7-3-2-6-16-10-8(11(18)19)4-5-9(17-10)12(13,14)15/h4-5H,2-3,6-7H2,1H3,(H,16,17)(H,18,19). The number of methoxy groups -OCH3 is 1. The van der Waals surface area contributed by atoms with Crippen LogP contribution in [0.4, 0.5) is 19.0 Å². The van der Waals surface area contributed by atoms with Gasteiger partial charge < -0.3 is 15.2 Å². The van der Waals surface area contributed by atoms with Gasteiger partial charge in [0.05, 0.1) is 0 Å². The highest BCUT2D eigenvalue weighted by Gasteiger charge is 2.33. The summed E-state index contributed by atoms with van der Waals surface area (Å²) in [6.45, 7) is 0.849. The third-order valence-corrected chi connectivity index (χ3v) is 2.48. The Morgan fingerprint density at radius 2 is 2.10 bits per heavy atom. The van der Waals surface area contributed by atoms with Crippen LogP contribution in [0.5, 0.6) is 0 Å². The Bertz CT molecular complexity index is 464. The van der Waals surface area contributed by atoms with Crippen molar-refractivity contribution in [3.8, 4) is 0 Å². The molecule has 0 saturated carbocycles. The lowest BCUT2D eigenvalue weighted by molar-refractivity contribution is -0.141. The lowest BCUT2D eigenvalue weighted by Crippen LogP contribution is -2.15. The fraction of sp³-hybridized carbons (Fsp3) is 0.500. The molecule has 20 heavy (non-hydrogen) atoms. The minimum absolute atomic E-state index is 0.273. The van der Waals surface area contributed by atoms with Crippen LogP contribution in [-0.4, -0.2) is 36.3 Å². The van der Waals surface area contributed by atoms with E-state index in [1.165, 1.54) is 0 Å². The zero-order valence-corrected chi connectivity index (χ0v) is 10.8. The predicted octanol–water partition coefficient (Wildman–Crippen LogP) is 2.64. The third kappa shape index (κ3) is 4.69. The first-order valence-corrected chi connectivity index (χ1v) is 5.90. The fourth-order valence-corrected chi connectivity index (χ4v) is 1.50. The first-order chi connectivity index (χ1) is 9.36. The van der Waals surface area contributed by atoms with E-state index in [1.807, 2.05) is 0 Å². The molecule has 0 aliphatic rings. The van der Waals surface area contributed by atoms with Gasteiger partial charge in [0, 0.05) is 20.3 Å². The summed E-state index contributed by atoms with van der Waals surface area (Å²) in [5.41, 5.74) is -1.41. The molecule has 0 radical (unpaired) electrons. The van der Waals surface area contributed by atoms with Gasteiger partial charge in [-0.2, -0.15) is 13.2 Å². The average molecular weight is 292 g/mol. The van der Waals surface area contributed by atoms with E-state index >= 15 is 0 Å². The van der Waals surface area contributed by atoms with Crippen molar-refractivity contribution in [2.75, 3.05) is 25.6 Å². The van der Waals surface area contributed by atoms with Gasteiger partial charge in [-0.25, -0.2) is 9.78 Å². The summed E-state index contributed by atoms with van der Waals surface area (Å²) < 4.78 is 42.4. The lowest BCUT2D eigenvalue weighted by Gasteiger charge is -2.12. The number of hydrogen-bond acceptors (Lipinski definition) is 4. The van der Waals surface area contributed by atoms with Gasteiger partial charge in [-0.3, -0.25) is 0 Å². The normalized spacial score (nSPS) is 11.4. The van der Waals surface area contributed by atoms with Gasteiger partial charge in [-0.05, 0) is 25.0 Å². The molecule has 0 fully saturated rings. The zero-order valence-electron chi connectivity index (χ0n) is 10.8. The van der Waals surface area contributed by atoms with Crippen molar-refractivity contribution in [2.45, 2.75) is 19.0 Å². The summed E-state index contributed by atoms with van der Waals surface area (Å²) in [6, 6.07) is 1.55. The number of hydrogen-bond donors (Lipinski definition) is 2. The molecule has 1 aromatic heterocycles. The second-order valence-corrected chi connectivity index (χ2v) is 4.02. The summed E-state index contributed by atoms with van der Waals surface area (Å²) >= 11 is 0. The molecular weight excluding hydrogens is 277 g/mol. The molecule has 5 nitrogen and oxygen atoms in total. The van der Waals surface area contributed by atoms with Crippen LogP contribution in [0, 0.1) is 0 Å². The Morgan fingerprint density at radius 3 is 2.65 bits per heavy atom. The molecule has 0 aliphatic heterocycles. The van der Waals surface area contributed by atoms with E-state index in [9.17, 15) is 18.0 Å². The zero-order chi connectivity index (χ0) is 15.2. The van der Waals surface area contributed by atoms with Gasteiger partial charge in [0.2, 0.25) is 0 Å². The van der Waals surface area contributed by atoms with Gasteiger partial charge in [0.1, 0.15) is 17.1 Å². The summed E-state index contributed by atoms with van der Waals surface area (Å²) in [6.07, 6.45) is -3.26. The number of pyridine rings is 1. The number of ether oxygens (including phenoxy) is 1. The molecule has 1 rings (SSSR count). The minimum atomic E-state index is -4.61. The fourth-order valence-electron chi connectivity index (χ4n) is 1.50. The Hall–Kier alpha value is -1.83.